The van der Waals surface area contributed by atoms with E-state index >= 15 is 0 Å². The van der Waals surface area contributed by atoms with E-state index < -0.39 is 15.6 Å². The molecule has 0 unspecified atom stereocenters. The lowest BCUT2D eigenvalue weighted by Crippen LogP contribution is -2.52. The first kappa shape index (κ1) is 18.9. The molecule has 6 heteroatoms. The first-order valence-corrected chi connectivity index (χ1v) is 10.2. The molecule has 140 valence electrons. The van der Waals surface area contributed by atoms with Gasteiger partial charge in [0.05, 0.1) is 12.7 Å². The molecule has 0 amide bonds. The van der Waals surface area contributed by atoms with Crippen molar-refractivity contribution < 1.29 is 18.3 Å². The van der Waals surface area contributed by atoms with Crippen LogP contribution in [0.25, 0.3) is 0 Å². The van der Waals surface area contributed by atoms with Gasteiger partial charge in [-0.25, -0.2) is 8.42 Å². The van der Waals surface area contributed by atoms with Crippen molar-refractivity contribution in [3.05, 3.63) is 60.2 Å². The Morgan fingerprint density at radius 3 is 2.50 bits per heavy atom. The predicted molar refractivity (Wildman–Crippen MR) is 101 cm³/mol. The summed E-state index contributed by atoms with van der Waals surface area (Å²) in [5, 5.41) is 10.8. The highest BCUT2D eigenvalue weighted by molar-refractivity contribution is 7.89. The Labute approximate surface area is 155 Å². The van der Waals surface area contributed by atoms with Gasteiger partial charge in [-0.2, -0.15) is 4.31 Å². The molecule has 2 aromatic carbocycles. The minimum Gasteiger partial charge on any atom is -0.495 e. The van der Waals surface area contributed by atoms with Crippen LogP contribution >= 0.6 is 0 Å². The molecule has 0 saturated carbocycles. The minimum atomic E-state index is -3.68. The Hall–Kier alpha value is -1.89. The SMILES string of the molecule is COc1ccccc1S(=O)(=O)N1CC[C@](C)(O)[C@H](Cc2ccccc2)C1. The van der Waals surface area contributed by atoms with Gasteiger partial charge in [-0.3, -0.25) is 0 Å². The highest BCUT2D eigenvalue weighted by atomic mass is 32.2. The molecule has 1 heterocycles. The van der Waals surface area contributed by atoms with E-state index in [1.165, 1.54) is 11.4 Å². The van der Waals surface area contributed by atoms with Crippen LogP contribution in [-0.4, -0.2) is 43.6 Å². The van der Waals surface area contributed by atoms with E-state index in [2.05, 4.69) is 0 Å². The van der Waals surface area contributed by atoms with Gasteiger partial charge in [0.25, 0.3) is 0 Å². The fraction of sp³-hybridized carbons (Fsp3) is 0.400. The maximum Gasteiger partial charge on any atom is 0.246 e. The van der Waals surface area contributed by atoms with Gasteiger partial charge >= 0.3 is 0 Å². The first-order chi connectivity index (χ1) is 12.3. The van der Waals surface area contributed by atoms with Crippen LogP contribution in [0, 0.1) is 5.92 Å². The fourth-order valence-electron chi connectivity index (χ4n) is 3.46. The second kappa shape index (κ2) is 7.39. The Morgan fingerprint density at radius 2 is 1.81 bits per heavy atom. The summed E-state index contributed by atoms with van der Waals surface area (Å²) in [6.07, 6.45) is 1.03. The lowest BCUT2D eigenvalue weighted by Gasteiger charge is -2.42. The highest BCUT2D eigenvalue weighted by Crippen LogP contribution is 2.35. The zero-order valence-corrected chi connectivity index (χ0v) is 15.9. The van der Waals surface area contributed by atoms with E-state index in [4.69, 9.17) is 4.74 Å². The van der Waals surface area contributed by atoms with Crippen molar-refractivity contribution in [3.63, 3.8) is 0 Å². The molecule has 1 saturated heterocycles. The van der Waals surface area contributed by atoms with Gasteiger partial charge in [-0.1, -0.05) is 42.5 Å². The Kier molecular flexibility index (Phi) is 5.37. The number of nitrogens with zero attached hydrogens (tertiary/aromatic N) is 1. The number of rotatable bonds is 5. The zero-order chi connectivity index (χ0) is 18.8. The summed E-state index contributed by atoms with van der Waals surface area (Å²) in [6, 6.07) is 16.5. The first-order valence-electron chi connectivity index (χ1n) is 8.74. The molecule has 2 aromatic rings. The highest BCUT2D eigenvalue weighted by Gasteiger charge is 2.42. The minimum absolute atomic E-state index is 0.169. The third kappa shape index (κ3) is 3.77. The molecule has 26 heavy (non-hydrogen) atoms. The van der Waals surface area contributed by atoms with Crippen LogP contribution in [0.15, 0.2) is 59.5 Å². The third-order valence-corrected chi connectivity index (χ3v) is 7.09. The van der Waals surface area contributed by atoms with E-state index in [1.54, 1.807) is 31.2 Å². The number of aliphatic hydroxyl groups is 1. The molecule has 0 aromatic heterocycles. The Balaban J connectivity index is 1.87. The number of piperidine rings is 1. The van der Waals surface area contributed by atoms with Crippen molar-refractivity contribution in [2.24, 2.45) is 5.92 Å². The Bertz CT molecular complexity index is 849. The molecule has 5 nitrogen and oxygen atoms in total. The molecule has 0 aliphatic carbocycles. The van der Waals surface area contributed by atoms with E-state index in [1.807, 2.05) is 30.3 Å². The van der Waals surface area contributed by atoms with Crippen molar-refractivity contribution in [2.45, 2.75) is 30.3 Å². The molecular weight excluding hydrogens is 350 g/mol. The predicted octanol–water partition coefficient (Wildman–Crippen LogP) is 2.70. The van der Waals surface area contributed by atoms with Crippen molar-refractivity contribution in [1.29, 1.82) is 0 Å². The van der Waals surface area contributed by atoms with Gasteiger partial charge in [-0.05, 0) is 37.5 Å². The molecule has 0 radical (unpaired) electrons. The number of ether oxygens (including phenoxy) is 1. The standard InChI is InChI=1S/C20H25NO4S/c1-20(22)12-13-21(15-17(20)14-16-8-4-3-5-9-16)26(23,24)19-11-7-6-10-18(19)25-2/h3-11,17,22H,12-15H2,1-2H3/t17-,20+/m1/s1. The lowest BCUT2D eigenvalue weighted by molar-refractivity contribution is -0.0406. The van der Waals surface area contributed by atoms with Crippen LogP contribution in [0.5, 0.6) is 5.75 Å². The maximum atomic E-state index is 13.1. The number of methoxy groups -OCH3 is 1. The summed E-state index contributed by atoms with van der Waals surface area (Å²) in [4.78, 5) is 0.169. The van der Waals surface area contributed by atoms with E-state index in [9.17, 15) is 13.5 Å². The van der Waals surface area contributed by atoms with Gasteiger partial charge in [-0.15, -0.1) is 0 Å². The van der Waals surface area contributed by atoms with Gasteiger partial charge in [0, 0.05) is 19.0 Å². The average Bonchev–Trinajstić information content (AvgIpc) is 2.64. The molecule has 1 fully saturated rings. The number of sulfonamides is 1. The van der Waals surface area contributed by atoms with Crippen molar-refractivity contribution in [2.75, 3.05) is 20.2 Å². The van der Waals surface area contributed by atoms with Crippen molar-refractivity contribution in [3.8, 4) is 5.75 Å². The topological polar surface area (TPSA) is 66.8 Å². The Morgan fingerprint density at radius 1 is 1.15 bits per heavy atom. The summed E-state index contributed by atoms with van der Waals surface area (Å²) < 4.78 is 33.0. The lowest BCUT2D eigenvalue weighted by atomic mass is 9.79. The summed E-state index contributed by atoms with van der Waals surface area (Å²) in [5.41, 5.74) is 0.192. The van der Waals surface area contributed by atoms with Crippen LogP contribution in [0.4, 0.5) is 0 Å². The van der Waals surface area contributed by atoms with Crippen LogP contribution in [-0.2, 0) is 16.4 Å². The summed E-state index contributed by atoms with van der Waals surface area (Å²) in [5.74, 6) is 0.160. The largest absolute Gasteiger partial charge is 0.495 e. The van der Waals surface area contributed by atoms with Gasteiger partial charge in [0.15, 0.2) is 0 Å². The van der Waals surface area contributed by atoms with Crippen LogP contribution in [0.1, 0.15) is 18.9 Å². The fourth-order valence-corrected chi connectivity index (χ4v) is 5.10. The second-order valence-corrected chi connectivity index (χ2v) is 8.91. The van der Waals surface area contributed by atoms with Crippen LogP contribution < -0.4 is 4.74 Å². The van der Waals surface area contributed by atoms with E-state index in [0.29, 0.717) is 25.1 Å². The summed E-state index contributed by atoms with van der Waals surface area (Å²) >= 11 is 0. The molecule has 3 rings (SSSR count). The molecule has 1 aliphatic heterocycles. The molecule has 1 aliphatic rings. The molecule has 0 bridgehead atoms. The average molecular weight is 375 g/mol. The zero-order valence-electron chi connectivity index (χ0n) is 15.1. The molecular formula is C20H25NO4S. The van der Waals surface area contributed by atoms with Gasteiger partial charge < -0.3 is 9.84 Å². The number of hydrogen-bond acceptors (Lipinski definition) is 4. The van der Waals surface area contributed by atoms with Gasteiger partial charge in [0.2, 0.25) is 10.0 Å². The molecule has 0 spiro atoms. The summed E-state index contributed by atoms with van der Waals surface area (Å²) in [6.45, 7) is 2.37. The number of hydrogen-bond donors (Lipinski definition) is 1. The normalized spacial score (nSPS) is 24.3. The molecule has 1 N–H and O–H groups in total. The van der Waals surface area contributed by atoms with Gasteiger partial charge in [0.1, 0.15) is 10.6 Å². The van der Waals surface area contributed by atoms with Crippen LogP contribution in [0.3, 0.4) is 0 Å². The smallest absolute Gasteiger partial charge is 0.246 e. The van der Waals surface area contributed by atoms with Crippen LogP contribution in [0.2, 0.25) is 0 Å². The van der Waals surface area contributed by atoms with E-state index in [-0.39, 0.29) is 17.4 Å². The maximum absolute atomic E-state index is 13.1. The van der Waals surface area contributed by atoms with Crippen molar-refractivity contribution >= 4 is 10.0 Å². The number of benzene rings is 2. The molecule has 2 atom stereocenters. The van der Waals surface area contributed by atoms with Crippen molar-refractivity contribution in [1.82, 2.24) is 4.31 Å². The second-order valence-electron chi connectivity index (χ2n) is 7.01. The third-order valence-electron chi connectivity index (χ3n) is 5.18. The summed E-state index contributed by atoms with van der Waals surface area (Å²) in [7, 11) is -2.22. The monoisotopic (exact) mass is 375 g/mol. The van der Waals surface area contributed by atoms with E-state index in [0.717, 1.165) is 5.56 Å². The number of para-hydroxylation sites is 1. The quantitative estimate of drug-likeness (QED) is 0.873.